The third-order valence-electron chi connectivity index (χ3n) is 1.41. The Kier molecular flexibility index (Phi) is 2.63. The van der Waals surface area contributed by atoms with Crippen LogP contribution in [0.2, 0.25) is 5.02 Å². The molecule has 1 aromatic rings. The standard InChI is InChI=1S/C7H3ClF2N2O/c8-5-3(1-11)4(6(9)10)2-12-7(5)13/h2,6H,(H,12,13). The molecule has 0 amide bonds. The first-order valence-electron chi connectivity index (χ1n) is 3.17. The molecule has 0 aliphatic rings. The molecule has 0 bridgehead atoms. The van der Waals surface area contributed by atoms with Gasteiger partial charge in [-0.3, -0.25) is 4.79 Å². The Morgan fingerprint density at radius 3 is 2.69 bits per heavy atom. The van der Waals surface area contributed by atoms with E-state index in [0.29, 0.717) is 0 Å². The fraction of sp³-hybridized carbons (Fsp3) is 0.143. The molecule has 0 fully saturated rings. The molecule has 0 radical (unpaired) electrons. The quantitative estimate of drug-likeness (QED) is 0.759. The van der Waals surface area contributed by atoms with Gasteiger partial charge in [0.05, 0.1) is 11.1 Å². The lowest BCUT2D eigenvalue weighted by atomic mass is 10.1. The number of H-pyrrole nitrogens is 1. The van der Waals surface area contributed by atoms with Crippen molar-refractivity contribution in [1.82, 2.24) is 4.98 Å². The van der Waals surface area contributed by atoms with Gasteiger partial charge >= 0.3 is 0 Å². The molecule has 0 aromatic carbocycles. The van der Waals surface area contributed by atoms with Crippen LogP contribution >= 0.6 is 11.6 Å². The summed E-state index contributed by atoms with van der Waals surface area (Å²) >= 11 is 5.34. The number of alkyl halides is 2. The van der Waals surface area contributed by atoms with Crippen LogP contribution in [0.25, 0.3) is 0 Å². The molecule has 68 valence electrons. The Morgan fingerprint density at radius 2 is 2.23 bits per heavy atom. The highest BCUT2D eigenvalue weighted by Crippen LogP contribution is 2.24. The monoisotopic (exact) mass is 204 g/mol. The van der Waals surface area contributed by atoms with Crippen molar-refractivity contribution in [3.8, 4) is 6.07 Å². The molecule has 0 unspecified atom stereocenters. The van der Waals surface area contributed by atoms with Crippen LogP contribution in [0.4, 0.5) is 8.78 Å². The molecule has 0 spiro atoms. The summed E-state index contributed by atoms with van der Waals surface area (Å²) in [6.45, 7) is 0. The number of halogens is 3. The van der Waals surface area contributed by atoms with E-state index in [2.05, 4.69) is 0 Å². The smallest absolute Gasteiger partial charge is 0.268 e. The molecule has 1 N–H and O–H groups in total. The molecular formula is C7H3ClF2N2O. The van der Waals surface area contributed by atoms with Gasteiger partial charge in [-0.2, -0.15) is 5.26 Å². The Morgan fingerprint density at radius 1 is 1.62 bits per heavy atom. The Balaban J connectivity index is 3.50. The Hall–Kier alpha value is -1.41. The van der Waals surface area contributed by atoms with Crippen LogP contribution in [0, 0.1) is 11.3 Å². The van der Waals surface area contributed by atoms with Crippen LogP contribution in [0.3, 0.4) is 0 Å². The summed E-state index contributed by atoms with van der Waals surface area (Å²) < 4.78 is 24.4. The number of nitrogens with one attached hydrogen (secondary N) is 1. The van der Waals surface area contributed by atoms with Crippen LogP contribution in [-0.4, -0.2) is 4.98 Å². The van der Waals surface area contributed by atoms with Gasteiger partial charge < -0.3 is 4.98 Å². The van der Waals surface area contributed by atoms with E-state index in [9.17, 15) is 13.6 Å². The van der Waals surface area contributed by atoms with Crippen LogP contribution in [-0.2, 0) is 0 Å². The fourth-order valence-corrected chi connectivity index (χ4v) is 1.01. The Bertz CT molecular complexity index is 421. The first-order valence-corrected chi connectivity index (χ1v) is 3.55. The predicted molar refractivity (Wildman–Crippen MR) is 41.7 cm³/mol. The summed E-state index contributed by atoms with van der Waals surface area (Å²) in [6.07, 6.45) is -2.04. The lowest BCUT2D eigenvalue weighted by molar-refractivity contribution is 0.150. The van der Waals surface area contributed by atoms with Crippen LogP contribution < -0.4 is 5.56 Å². The minimum atomic E-state index is -2.83. The highest BCUT2D eigenvalue weighted by atomic mass is 35.5. The first kappa shape index (κ1) is 9.68. The molecular weight excluding hydrogens is 202 g/mol. The van der Waals surface area contributed by atoms with Gasteiger partial charge in [0.15, 0.2) is 0 Å². The van der Waals surface area contributed by atoms with E-state index < -0.39 is 28.1 Å². The van der Waals surface area contributed by atoms with Gasteiger partial charge in [-0.15, -0.1) is 0 Å². The number of pyridine rings is 1. The maximum atomic E-state index is 12.2. The second kappa shape index (κ2) is 3.54. The van der Waals surface area contributed by atoms with Crippen molar-refractivity contribution in [3.05, 3.63) is 32.7 Å². The fourth-order valence-electron chi connectivity index (χ4n) is 0.805. The van der Waals surface area contributed by atoms with Crippen molar-refractivity contribution >= 4 is 11.6 Å². The zero-order valence-electron chi connectivity index (χ0n) is 6.14. The van der Waals surface area contributed by atoms with Gasteiger partial charge in [0.2, 0.25) is 0 Å². The van der Waals surface area contributed by atoms with Crippen LogP contribution in [0.15, 0.2) is 11.0 Å². The van der Waals surface area contributed by atoms with Gasteiger partial charge in [-0.1, -0.05) is 11.6 Å². The van der Waals surface area contributed by atoms with Crippen molar-refractivity contribution < 1.29 is 8.78 Å². The molecule has 1 aromatic heterocycles. The molecule has 0 aliphatic heterocycles. The maximum absolute atomic E-state index is 12.2. The number of nitriles is 1. The average Bonchev–Trinajstić information content (AvgIpc) is 2.09. The topological polar surface area (TPSA) is 56.6 Å². The van der Waals surface area contributed by atoms with Gasteiger partial charge in [-0.05, 0) is 0 Å². The average molecular weight is 205 g/mol. The zero-order chi connectivity index (χ0) is 10.0. The van der Waals surface area contributed by atoms with E-state index >= 15 is 0 Å². The lowest BCUT2D eigenvalue weighted by Crippen LogP contribution is -2.10. The number of aromatic nitrogens is 1. The van der Waals surface area contributed by atoms with Gasteiger partial charge in [0, 0.05) is 6.20 Å². The lowest BCUT2D eigenvalue weighted by Gasteiger charge is -2.01. The minimum Gasteiger partial charge on any atom is -0.327 e. The third kappa shape index (κ3) is 1.68. The van der Waals surface area contributed by atoms with Crippen molar-refractivity contribution in [2.45, 2.75) is 6.43 Å². The van der Waals surface area contributed by atoms with E-state index in [4.69, 9.17) is 16.9 Å². The molecule has 0 atom stereocenters. The molecule has 6 heteroatoms. The maximum Gasteiger partial charge on any atom is 0.268 e. The molecule has 0 saturated heterocycles. The number of hydrogen-bond acceptors (Lipinski definition) is 2. The van der Waals surface area contributed by atoms with Crippen molar-refractivity contribution in [2.75, 3.05) is 0 Å². The van der Waals surface area contributed by atoms with E-state index in [1.165, 1.54) is 6.07 Å². The van der Waals surface area contributed by atoms with Crippen molar-refractivity contribution in [3.63, 3.8) is 0 Å². The number of hydrogen-bond donors (Lipinski definition) is 1. The summed E-state index contributed by atoms with van der Waals surface area (Å²) in [5.74, 6) is 0. The van der Waals surface area contributed by atoms with E-state index in [0.717, 1.165) is 6.20 Å². The number of aromatic amines is 1. The van der Waals surface area contributed by atoms with Crippen molar-refractivity contribution in [1.29, 1.82) is 5.26 Å². The summed E-state index contributed by atoms with van der Waals surface area (Å²) in [7, 11) is 0. The first-order chi connectivity index (χ1) is 6.07. The molecule has 3 nitrogen and oxygen atoms in total. The third-order valence-corrected chi connectivity index (χ3v) is 1.77. The summed E-state index contributed by atoms with van der Waals surface area (Å²) in [6, 6.07) is 1.45. The second-order valence-corrected chi connectivity index (χ2v) is 2.55. The molecule has 13 heavy (non-hydrogen) atoms. The zero-order valence-corrected chi connectivity index (χ0v) is 6.90. The van der Waals surface area contributed by atoms with E-state index in [-0.39, 0.29) is 0 Å². The number of rotatable bonds is 1. The largest absolute Gasteiger partial charge is 0.327 e. The molecule has 0 saturated carbocycles. The van der Waals surface area contributed by atoms with Crippen molar-refractivity contribution in [2.24, 2.45) is 0 Å². The van der Waals surface area contributed by atoms with Gasteiger partial charge in [0.25, 0.3) is 12.0 Å². The molecule has 1 heterocycles. The summed E-state index contributed by atoms with van der Waals surface area (Å²) in [5, 5.41) is 7.95. The number of nitrogens with zero attached hydrogens (tertiary/aromatic N) is 1. The van der Waals surface area contributed by atoms with Gasteiger partial charge in [-0.25, -0.2) is 8.78 Å². The molecule has 1 rings (SSSR count). The summed E-state index contributed by atoms with van der Waals surface area (Å²) in [5.41, 5.74) is -1.78. The van der Waals surface area contributed by atoms with Crippen LogP contribution in [0.1, 0.15) is 17.6 Å². The SMILES string of the molecule is N#Cc1c(C(F)F)c[nH]c(=O)c1Cl. The van der Waals surface area contributed by atoms with Crippen LogP contribution in [0.5, 0.6) is 0 Å². The molecule has 0 aliphatic carbocycles. The van der Waals surface area contributed by atoms with E-state index in [1.807, 2.05) is 4.98 Å². The second-order valence-electron chi connectivity index (χ2n) is 2.17. The normalized spacial score (nSPS) is 10.1. The highest BCUT2D eigenvalue weighted by Gasteiger charge is 2.17. The summed E-state index contributed by atoms with van der Waals surface area (Å²) in [4.78, 5) is 12.8. The Labute approximate surface area is 76.6 Å². The van der Waals surface area contributed by atoms with E-state index in [1.54, 1.807) is 0 Å². The van der Waals surface area contributed by atoms with Gasteiger partial charge in [0.1, 0.15) is 11.1 Å². The minimum absolute atomic E-state index is 0.472. The highest BCUT2D eigenvalue weighted by molar-refractivity contribution is 6.31. The predicted octanol–water partition coefficient (Wildman–Crippen LogP) is 1.84.